The molecule has 12 heteroatoms. The minimum absolute atomic E-state index is 0.139. The van der Waals surface area contributed by atoms with Crippen LogP contribution in [-0.4, -0.2) is 60.8 Å². The minimum atomic E-state index is -4.72. The van der Waals surface area contributed by atoms with Gasteiger partial charge in [-0.1, -0.05) is 271 Å². The molecule has 0 radical (unpaired) electrons. The summed E-state index contributed by atoms with van der Waals surface area (Å²) in [5.41, 5.74) is 2.45. The van der Waals surface area contributed by atoms with Crippen molar-refractivity contribution in [3.63, 3.8) is 0 Å². The van der Waals surface area contributed by atoms with Gasteiger partial charge in [-0.2, -0.15) is 0 Å². The smallest absolute Gasteiger partial charge is 0.462 e. The molecule has 0 bridgehead atoms. The van der Waals surface area contributed by atoms with E-state index in [1.165, 1.54) is 116 Å². The molecule has 1 aliphatic rings. The number of hydrogen-bond acceptors (Lipinski definition) is 11. The maximum atomic E-state index is 15.4. The maximum Gasteiger partial charge on any atom is 0.475 e. The van der Waals surface area contributed by atoms with Gasteiger partial charge in [-0.25, -0.2) is 4.57 Å². The molecule has 3 aromatic rings. The quantitative estimate of drug-likeness (QED) is 0.0250. The van der Waals surface area contributed by atoms with Crippen molar-refractivity contribution in [2.75, 3.05) is 13.2 Å². The zero-order valence-electron chi connectivity index (χ0n) is 48.1. The third kappa shape index (κ3) is 28.0. The van der Waals surface area contributed by atoms with Crippen molar-refractivity contribution in [1.29, 1.82) is 0 Å². The zero-order chi connectivity index (χ0) is 55.7. The number of phosphoric acid groups is 1. The lowest BCUT2D eigenvalue weighted by molar-refractivity contribution is -0.199. The van der Waals surface area contributed by atoms with Crippen molar-refractivity contribution >= 4 is 19.8 Å². The van der Waals surface area contributed by atoms with Gasteiger partial charge in [0.1, 0.15) is 18.8 Å². The van der Waals surface area contributed by atoms with Crippen LogP contribution in [0.5, 0.6) is 0 Å². The number of benzene rings is 3. The van der Waals surface area contributed by atoms with Gasteiger partial charge >= 0.3 is 19.8 Å². The fourth-order valence-corrected chi connectivity index (χ4v) is 11.7. The molecule has 0 aromatic heterocycles. The van der Waals surface area contributed by atoms with Crippen LogP contribution in [0.4, 0.5) is 0 Å². The van der Waals surface area contributed by atoms with E-state index in [1.54, 1.807) is 12.2 Å². The van der Waals surface area contributed by atoms with Gasteiger partial charge in [-0.05, 0) is 29.5 Å². The first-order valence-corrected chi connectivity index (χ1v) is 31.9. The molecule has 11 nitrogen and oxygen atoms in total. The molecular formula is C66H101O11P. The SMILES string of the molecule is C=CC1C(C=C)C(OCc2ccccc2)C(OP(=O)(OCc2ccccc2)OCC(COC(=O)CCCCCCCCCCCCCCC)OC(=O)CCCCCCCCCCCCCCC)C(O)C1OCc1ccccc1. The number of phosphoric ester groups is 1. The predicted molar refractivity (Wildman–Crippen MR) is 315 cm³/mol. The van der Waals surface area contributed by atoms with Gasteiger partial charge in [0.25, 0.3) is 0 Å². The summed E-state index contributed by atoms with van der Waals surface area (Å²) in [6, 6.07) is 28.4. The van der Waals surface area contributed by atoms with E-state index in [-0.39, 0.29) is 39.3 Å². The molecule has 436 valence electrons. The van der Waals surface area contributed by atoms with Crippen molar-refractivity contribution in [2.45, 2.75) is 244 Å². The number of esters is 2. The van der Waals surface area contributed by atoms with Crippen LogP contribution in [0.15, 0.2) is 116 Å². The largest absolute Gasteiger partial charge is 0.475 e. The molecule has 0 spiro atoms. The lowest BCUT2D eigenvalue weighted by Gasteiger charge is -2.47. The van der Waals surface area contributed by atoms with E-state index in [0.29, 0.717) is 18.4 Å². The maximum absolute atomic E-state index is 15.4. The molecule has 0 amide bonds. The second kappa shape index (κ2) is 42.0. The third-order valence-electron chi connectivity index (χ3n) is 14.9. The first-order chi connectivity index (χ1) is 38.2. The molecule has 0 heterocycles. The molecule has 8 unspecified atom stereocenters. The Balaban J connectivity index is 1.46. The number of rotatable bonds is 47. The van der Waals surface area contributed by atoms with Crippen molar-refractivity contribution in [1.82, 2.24) is 0 Å². The summed E-state index contributed by atoms with van der Waals surface area (Å²) in [5, 5.41) is 12.4. The molecule has 78 heavy (non-hydrogen) atoms. The first-order valence-electron chi connectivity index (χ1n) is 30.4. The fraction of sp³-hybridized carbons (Fsp3) is 0.636. The van der Waals surface area contributed by atoms with Crippen molar-refractivity contribution in [3.8, 4) is 0 Å². The molecule has 1 fully saturated rings. The number of unbranched alkanes of at least 4 members (excludes halogenated alkanes) is 24. The number of carbonyl (C=O) groups excluding carboxylic acids is 2. The Bertz CT molecular complexity index is 2040. The average Bonchev–Trinajstić information content (AvgIpc) is 3.51. The van der Waals surface area contributed by atoms with E-state index in [1.807, 2.05) is 91.0 Å². The van der Waals surface area contributed by atoms with Gasteiger partial charge in [0, 0.05) is 24.7 Å². The van der Waals surface area contributed by atoms with E-state index in [4.69, 9.17) is 32.5 Å². The van der Waals surface area contributed by atoms with Gasteiger partial charge in [-0.3, -0.25) is 23.2 Å². The number of ether oxygens (including phenoxy) is 4. The average molecular weight is 1100 g/mol. The van der Waals surface area contributed by atoms with E-state index >= 15 is 4.57 Å². The highest BCUT2D eigenvalue weighted by atomic mass is 31.2. The van der Waals surface area contributed by atoms with E-state index in [9.17, 15) is 14.7 Å². The van der Waals surface area contributed by atoms with Gasteiger partial charge in [0.15, 0.2) is 6.10 Å². The second-order valence-corrected chi connectivity index (χ2v) is 23.1. The molecule has 0 aliphatic heterocycles. The van der Waals surface area contributed by atoms with E-state index in [0.717, 1.165) is 49.7 Å². The van der Waals surface area contributed by atoms with Gasteiger partial charge < -0.3 is 24.1 Å². The Kier molecular flexibility index (Phi) is 35.8. The van der Waals surface area contributed by atoms with Gasteiger partial charge in [-0.15, -0.1) is 13.2 Å². The van der Waals surface area contributed by atoms with Crippen molar-refractivity contribution in [2.24, 2.45) is 11.8 Å². The summed E-state index contributed by atoms with van der Waals surface area (Å²) in [4.78, 5) is 26.7. The lowest BCUT2D eigenvalue weighted by Crippen LogP contribution is -2.59. The molecule has 1 N–H and O–H groups in total. The number of aliphatic hydroxyl groups is 1. The highest BCUT2D eigenvalue weighted by Gasteiger charge is 2.53. The van der Waals surface area contributed by atoms with Crippen molar-refractivity contribution < 1.29 is 51.8 Å². The fourth-order valence-electron chi connectivity index (χ4n) is 10.3. The Morgan fingerprint density at radius 2 is 0.859 bits per heavy atom. The van der Waals surface area contributed by atoms with Crippen LogP contribution in [0.1, 0.15) is 210 Å². The Hall–Kier alpha value is -3.93. The second-order valence-electron chi connectivity index (χ2n) is 21.5. The molecule has 1 aliphatic carbocycles. The molecule has 8 atom stereocenters. The lowest BCUT2D eigenvalue weighted by atomic mass is 9.72. The monoisotopic (exact) mass is 1100 g/mol. The standard InChI is InChI=1S/C66H101O11P/c1-5-9-11-13-15-17-19-21-23-25-27-29-40-48-61(67)71-53-58(76-62(68)49-41-30-28-26-24-22-20-18-16-14-12-10-6-2)54-75-78(70,74-52-57-46-38-33-39-47-57)77-66-63(69)64(72-50-55-42-34-31-35-43-55)59(7-3)60(8-4)65(66)73-51-56-44-36-32-37-45-56/h7-8,31-39,42-47,58-60,63-66,69H,3-6,9-30,40-41,48-54H2,1-2H3. The van der Waals surface area contributed by atoms with Crippen LogP contribution >= 0.6 is 7.82 Å². The Labute approximate surface area is 471 Å². The third-order valence-corrected chi connectivity index (χ3v) is 16.3. The van der Waals surface area contributed by atoms with E-state index in [2.05, 4.69) is 27.0 Å². The normalized spacial score (nSPS) is 19.4. The molecule has 1 saturated carbocycles. The molecular weight excluding hydrogens is 1000 g/mol. The van der Waals surface area contributed by atoms with Crippen LogP contribution in [-0.2, 0) is 66.5 Å². The Morgan fingerprint density at radius 1 is 0.487 bits per heavy atom. The van der Waals surface area contributed by atoms with Crippen LogP contribution in [0.3, 0.4) is 0 Å². The predicted octanol–water partition coefficient (Wildman–Crippen LogP) is 17.3. The Morgan fingerprint density at radius 3 is 1.28 bits per heavy atom. The molecule has 0 saturated heterocycles. The van der Waals surface area contributed by atoms with Gasteiger partial charge in [0.2, 0.25) is 0 Å². The molecule has 4 rings (SSSR count). The summed E-state index contributed by atoms with van der Waals surface area (Å²) >= 11 is 0. The summed E-state index contributed by atoms with van der Waals surface area (Å²) in [7, 11) is -4.72. The van der Waals surface area contributed by atoms with Crippen molar-refractivity contribution in [3.05, 3.63) is 133 Å². The number of hydrogen-bond donors (Lipinski definition) is 1. The highest BCUT2D eigenvalue weighted by molar-refractivity contribution is 7.48. The summed E-state index contributed by atoms with van der Waals surface area (Å²) < 4.78 is 59.0. The minimum Gasteiger partial charge on any atom is -0.462 e. The summed E-state index contributed by atoms with van der Waals surface area (Å²) in [6.45, 7) is 12.1. The number of aliphatic hydroxyl groups excluding tert-OH is 1. The highest BCUT2D eigenvalue weighted by Crippen LogP contribution is 2.54. The first kappa shape index (κ1) is 66.6. The van der Waals surface area contributed by atoms with Crippen LogP contribution in [0.2, 0.25) is 0 Å². The topological polar surface area (TPSA) is 136 Å². The summed E-state index contributed by atoms with van der Waals surface area (Å²) in [5.74, 6) is -1.90. The van der Waals surface area contributed by atoms with E-state index < -0.39 is 68.7 Å². The summed E-state index contributed by atoms with van der Waals surface area (Å²) in [6.07, 6.45) is 29.0. The number of carbonyl (C=O) groups is 2. The van der Waals surface area contributed by atoms with Crippen LogP contribution < -0.4 is 0 Å². The van der Waals surface area contributed by atoms with Crippen LogP contribution in [0, 0.1) is 11.8 Å². The van der Waals surface area contributed by atoms with Crippen LogP contribution in [0.25, 0.3) is 0 Å². The zero-order valence-corrected chi connectivity index (χ0v) is 49.0. The van der Waals surface area contributed by atoms with Gasteiger partial charge in [0.05, 0.1) is 38.6 Å². The molecule has 3 aromatic carbocycles.